The summed E-state index contributed by atoms with van der Waals surface area (Å²) in [4.78, 5) is 11.3. The van der Waals surface area contributed by atoms with Crippen LogP contribution in [0.25, 0.3) is 0 Å². The molecule has 3 N–H and O–H groups in total. The largest absolute Gasteiger partial charge is 0.347 e. The fraction of sp³-hybridized carbons (Fsp3) is 0.727. The lowest BCUT2D eigenvalue weighted by molar-refractivity contribution is -0.116. The van der Waals surface area contributed by atoms with Crippen LogP contribution in [0.3, 0.4) is 0 Å². The molecule has 14 heavy (non-hydrogen) atoms. The van der Waals surface area contributed by atoms with Crippen LogP contribution < -0.4 is 11.1 Å². The number of hydrogen-bond donors (Lipinski definition) is 2. The summed E-state index contributed by atoms with van der Waals surface area (Å²) in [5.74, 6) is 0.0634. The summed E-state index contributed by atoms with van der Waals surface area (Å²) in [6.45, 7) is 8.65. The van der Waals surface area contributed by atoms with E-state index in [-0.39, 0.29) is 11.4 Å². The quantitative estimate of drug-likeness (QED) is 0.662. The number of nitrogens with one attached hydrogen (secondary N) is 1. The van der Waals surface area contributed by atoms with E-state index in [4.69, 9.17) is 5.73 Å². The van der Waals surface area contributed by atoms with Gasteiger partial charge in [0.2, 0.25) is 5.91 Å². The summed E-state index contributed by atoms with van der Waals surface area (Å²) in [7, 11) is 0. The third-order valence-electron chi connectivity index (χ3n) is 1.93. The van der Waals surface area contributed by atoms with E-state index in [2.05, 4.69) is 5.32 Å². The van der Waals surface area contributed by atoms with Gasteiger partial charge in [-0.25, -0.2) is 0 Å². The van der Waals surface area contributed by atoms with Crippen LogP contribution in [0, 0.1) is 0 Å². The van der Waals surface area contributed by atoms with Crippen LogP contribution in [0.2, 0.25) is 0 Å². The van der Waals surface area contributed by atoms with Gasteiger partial charge in [-0.05, 0) is 26.8 Å². The zero-order chi connectivity index (χ0) is 11.2. The van der Waals surface area contributed by atoms with Crippen molar-refractivity contribution in [2.24, 2.45) is 5.73 Å². The van der Waals surface area contributed by atoms with Crippen LogP contribution in [0.1, 0.15) is 40.5 Å². The SMILES string of the molecule is CC.CC1(C)C/C(=C/CCN)C(=O)N1. The van der Waals surface area contributed by atoms with Crippen LogP contribution in [-0.4, -0.2) is 18.0 Å². The van der Waals surface area contributed by atoms with Crippen LogP contribution in [-0.2, 0) is 4.79 Å². The summed E-state index contributed by atoms with van der Waals surface area (Å²) >= 11 is 0. The van der Waals surface area contributed by atoms with E-state index < -0.39 is 0 Å². The summed E-state index contributed by atoms with van der Waals surface area (Å²) in [5.41, 5.74) is 6.15. The first-order chi connectivity index (χ1) is 6.55. The highest BCUT2D eigenvalue weighted by molar-refractivity contribution is 5.96. The van der Waals surface area contributed by atoms with Gasteiger partial charge in [0.15, 0.2) is 0 Å². The molecule has 82 valence electrons. The molecule has 0 aromatic heterocycles. The number of rotatable bonds is 2. The van der Waals surface area contributed by atoms with Gasteiger partial charge in [0.25, 0.3) is 0 Å². The lowest BCUT2D eigenvalue weighted by Gasteiger charge is -2.15. The fourth-order valence-corrected chi connectivity index (χ4v) is 1.41. The molecule has 0 atom stereocenters. The van der Waals surface area contributed by atoms with E-state index in [1.807, 2.05) is 33.8 Å². The molecule has 1 rings (SSSR count). The normalized spacial score (nSPS) is 21.5. The molecule has 0 unspecified atom stereocenters. The molecule has 1 fully saturated rings. The van der Waals surface area contributed by atoms with Gasteiger partial charge < -0.3 is 11.1 Å². The molecule has 1 aliphatic rings. The Balaban J connectivity index is 0.000000791. The van der Waals surface area contributed by atoms with E-state index in [9.17, 15) is 4.79 Å². The van der Waals surface area contributed by atoms with Crippen molar-refractivity contribution in [3.8, 4) is 0 Å². The van der Waals surface area contributed by atoms with E-state index in [1.54, 1.807) is 0 Å². The molecule has 0 aliphatic carbocycles. The highest BCUT2D eigenvalue weighted by Gasteiger charge is 2.31. The monoisotopic (exact) mass is 198 g/mol. The van der Waals surface area contributed by atoms with Gasteiger partial charge in [-0.3, -0.25) is 4.79 Å². The van der Waals surface area contributed by atoms with Crippen molar-refractivity contribution >= 4 is 5.91 Å². The number of hydrogen-bond acceptors (Lipinski definition) is 2. The molecule has 1 amide bonds. The van der Waals surface area contributed by atoms with Gasteiger partial charge >= 0.3 is 0 Å². The van der Waals surface area contributed by atoms with Crippen LogP contribution in [0.15, 0.2) is 11.6 Å². The smallest absolute Gasteiger partial charge is 0.247 e. The zero-order valence-corrected chi connectivity index (χ0v) is 9.68. The number of nitrogens with two attached hydrogens (primary N) is 1. The first-order valence-electron chi connectivity index (χ1n) is 5.27. The van der Waals surface area contributed by atoms with Crippen molar-refractivity contribution in [3.63, 3.8) is 0 Å². The maximum atomic E-state index is 11.3. The molecule has 0 radical (unpaired) electrons. The molecule has 0 aromatic carbocycles. The first kappa shape index (κ1) is 13.2. The highest BCUT2D eigenvalue weighted by Crippen LogP contribution is 2.23. The lowest BCUT2D eigenvalue weighted by atomic mass is 10.0. The maximum absolute atomic E-state index is 11.3. The van der Waals surface area contributed by atoms with E-state index in [0.29, 0.717) is 6.54 Å². The first-order valence-corrected chi connectivity index (χ1v) is 5.27. The fourth-order valence-electron chi connectivity index (χ4n) is 1.41. The maximum Gasteiger partial charge on any atom is 0.247 e. The predicted molar refractivity (Wildman–Crippen MR) is 59.9 cm³/mol. The standard InChI is InChI=1S/C9H16N2O.C2H6/c1-9(2)6-7(4-3-5-10)8(12)11-9;1-2/h4H,3,5-6,10H2,1-2H3,(H,11,12);1-2H3/b7-4-;. The predicted octanol–water partition coefficient (Wildman–Crippen LogP) is 1.59. The molecule has 1 heterocycles. The van der Waals surface area contributed by atoms with Gasteiger partial charge in [0.1, 0.15) is 0 Å². The molecule has 1 saturated heterocycles. The Bertz CT molecular complexity index is 219. The van der Waals surface area contributed by atoms with Crippen LogP contribution in [0.5, 0.6) is 0 Å². The Kier molecular flexibility index (Phi) is 5.46. The molecule has 1 aliphatic heterocycles. The van der Waals surface area contributed by atoms with Crippen LogP contribution in [0.4, 0.5) is 0 Å². The average molecular weight is 198 g/mol. The number of carbonyl (C=O) groups excluding carboxylic acids is 1. The number of amides is 1. The van der Waals surface area contributed by atoms with Crippen molar-refractivity contribution in [2.75, 3.05) is 6.54 Å². The third kappa shape index (κ3) is 3.92. The van der Waals surface area contributed by atoms with Crippen molar-refractivity contribution in [1.29, 1.82) is 0 Å². The van der Waals surface area contributed by atoms with Crippen molar-refractivity contribution in [3.05, 3.63) is 11.6 Å². The highest BCUT2D eigenvalue weighted by atomic mass is 16.2. The van der Waals surface area contributed by atoms with Gasteiger partial charge in [-0.1, -0.05) is 19.9 Å². The van der Waals surface area contributed by atoms with Gasteiger partial charge in [0.05, 0.1) is 0 Å². The molecule has 0 spiro atoms. The topological polar surface area (TPSA) is 55.1 Å². The second-order valence-corrected chi connectivity index (χ2v) is 3.82. The Labute approximate surface area is 86.8 Å². The summed E-state index contributed by atoms with van der Waals surface area (Å²) in [6, 6.07) is 0. The lowest BCUT2D eigenvalue weighted by Crippen LogP contribution is -2.34. The van der Waals surface area contributed by atoms with Crippen molar-refractivity contribution < 1.29 is 4.79 Å². The molecule has 0 bridgehead atoms. The molecule has 0 saturated carbocycles. The summed E-state index contributed by atoms with van der Waals surface area (Å²) in [5, 5.41) is 2.90. The molecular weight excluding hydrogens is 176 g/mol. The minimum absolute atomic E-state index is 0.0634. The Morgan fingerprint density at radius 1 is 1.50 bits per heavy atom. The summed E-state index contributed by atoms with van der Waals surface area (Å²) in [6.07, 6.45) is 3.54. The third-order valence-corrected chi connectivity index (χ3v) is 1.93. The van der Waals surface area contributed by atoms with Gasteiger partial charge in [-0.15, -0.1) is 0 Å². The van der Waals surface area contributed by atoms with Crippen molar-refractivity contribution in [2.45, 2.75) is 46.1 Å². The van der Waals surface area contributed by atoms with Gasteiger partial charge in [0, 0.05) is 17.5 Å². The second-order valence-electron chi connectivity index (χ2n) is 3.82. The van der Waals surface area contributed by atoms with Crippen molar-refractivity contribution in [1.82, 2.24) is 5.32 Å². The Hall–Kier alpha value is -0.830. The Morgan fingerprint density at radius 2 is 2.07 bits per heavy atom. The minimum Gasteiger partial charge on any atom is -0.347 e. The molecule has 3 nitrogen and oxygen atoms in total. The summed E-state index contributed by atoms with van der Waals surface area (Å²) < 4.78 is 0. The van der Waals surface area contributed by atoms with Gasteiger partial charge in [-0.2, -0.15) is 0 Å². The van der Waals surface area contributed by atoms with E-state index >= 15 is 0 Å². The molecule has 0 aromatic rings. The second kappa shape index (κ2) is 5.81. The van der Waals surface area contributed by atoms with E-state index in [1.165, 1.54) is 0 Å². The zero-order valence-electron chi connectivity index (χ0n) is 9.68. The van der Waals surface area contributed by atoms with E-state index in [0.717, 1.165) is 18.4 Å². The molecular formula is C11H22N2O. The van der Waals surface area contributed by atoms with Crippen LogP contribution >= 0.6 is 0 Å². The molecule has 3 heteroatoms. The minimum atomic E-state index is -0.0719. The number of carbonyl (C=O) groups is 1. The average Bonchev–Trinajstić information content (AvgIpc) is 2.39. The Morgan fingerprint density at radius 3 is 2.43 bits per heavy atom.